The predicted molar refractivity (Wildman–Crippen MR) is 154 cm³/mol. The smallest absolute Gasteiger partial charge is 0.278 e. The highest BCUT2D eigenvalue weighted by Crippen LogP contribution is 2.31. The average molecular weight is 518 g/mol. The molecule has 38 heavy (non-hydrogen) atoms. The molecule has 1 N–H and O–H groups in total. The fourth-order valence-electron chi connectivity index (χ4n) is 4.96. The van der Waals surface area contributed by atoms with Gasteiger partial charge < -0.3 is 15.1 Å². The predicted octanol–water partition coefficient (Wildman–Crippen LogP) is 4.37. The van der Waals surface area contributed by atoms with Gasteiger partial charge >= 0.3 is 0 Å². The summed E-state index contributed by atoms with van der Waals surface area (Å²) in [6.45, 7) is 10.9. The summed E-state index contributed by atoms with van der Waals surface area (Å²) in [5.74, 6) is 0.992. The SMILES string of the molecule is CCn1c(=O)c2cnc(Nc3ccc(C4CCN(C)CC4)c(C)c3)nc2n1C(/C=C\C=O)=C/N(C)C(C)C. The highest BCUT2D eigenvalue weighted by molar-refractivity contribution is 5.81. The van der Waals surface area contributed by atoms with E-state index in [-0.39, 0.29) is 11.6 Å². The lowest BCUT2D eigenvalue weighted by atomic mass is 9.87. The topological polar surface area (TPSA) is 88.3 Å². The van der Waals surface area contributed by atoms with Gasteiger partial charge in [-0.3, -0.25) is 9.59 Å². The van der Waals surface area contributed by atoms with E-state index in [2.05, 4.69) is 61.2 Å². The molecule has 0 radical (unpaired) electrons. The fourth-order valence-corrected chi connectivity index (χ4v) is 4.96. The first-order valence-corrected chi connectivity index (χ1v) is 13.3. The van der Waals surface area contributed by atoms with Crippen molar-refractivity contribution >= 4 is 34.7 Å². The third-order valence-corrected chi connectivity index (χ3v) is 7.40. The van der Waals surface area contributed by atoms with Crippen LogP contribution in [0.2, 0.25) is 0 Å². The van der Waals surface area contributed by atoms with E-state index < -0.39 is 0 Å². The minimum atomic E-state index is -0.176. The lowest BCUT2D eigenvalue weighted by molar-refractivity contribution is -0.104. The van der Waals surface area contributed by atoms with Gasteiger partial charge in [0, 0.05) is 37.7 Å². The number of benzene rings is 1. The molecule has 3 heterocycles. The molecule has 0 atom stereocenters. The summed E-state index contributed by atoms with van der Waals surface area (Å²) < 4.78 is 3.37. The van der Waals surface area contributed by atoms with Crippen LogP contribution in [-0.4, -0.2) is 68.6 Å². The monoisotopic (exact) mass is 517 g/mol. The van der Waals surface area contributed by atoms with Crippen molar-refractivity contribution in [2.24, 2.45) is 0 Å². The molecule has 0 spiro atoms. The first kappa shape index (κ1) is 27.3. The van der Waals surface area contributed by atoms with E-state index in [4.69, 9.17) is 4.98 Å². The molecule has 1 aromatic carbocycles. The van der Waals surface area contributed by atoms with Crippen LogP contribution in [0.1, 0.15) is 50.7 Å². The molecule has 0 saturated carbocycles. The quantitative estimate of drug-likeness (QED) is 0.256. The standard InChI is InChI=1S/C29H39N7O2/c1-7-35-28(38)26-18-30-29(32-27(26)36(35)24(9-8-16-37)19-34(6)20(2)3)31-23-10-11-25(21(4)17-23)22-12-14-33(5)15-13-22/h8-11,16-20,22H,7,12-15H2,1-6H3,(H,30,31,32)/b9-8-,24-19+. The molecule has 0 bridgehead atoms. The highest BCUT2D eigenvalue weighted by Gasteiger charge is 2.21. The molecule has 9 nitrogen and oxygen atoms in total. The Balaban J connectivity index is 1.72. The summed E-state index contributed by atoms with van der Waals surface area (Å²) in [5, 5.41) is 3.75. The summed E-state index contributed by atoms with van der Waals surface area (Å²) in [4.78, 5) is 38.0. The van der Waals surface area contributed by atoms with Gasteiger partial charge in [-0.25, -0.2) is 14.3 Å². The van der Waals surface area contributed by atoms with Gasteiger partial charge in [0.2, 0.25) is 5.95 Å². The van der Waals surface area contributed by atoms with E-state index >= 15 is 0 Å². The maximum absolute atomic E-state index is 13.2. The molecule has 0 aliphatic carbocycles. The number of carbonyl (C=O) groups is 1. The molecule has 2 aromatic heterocycles. The molecule has 202 valence electrons. The maximum atomic E-state index is 13.2. The number of fused-ring (bicyclic) bond motifs is 1. The van der Waals surface area contributed by atoms with Crippen LogP contribution in [0.3, 0.4) is 0 Å². The van der Waals surface area contributed by atoms with Gasteiger partial charge in [0.05, 0.1) is 5.70 Å². The summed E-state index contributed by atoms with van der Waals surface area (Å²) in [7, 11) is 4.14. The van der Waals surface area contributed by atoms with Crippen LogP contribution in [0.4, 0.5) is 11.6 Å². The molecule has 0 unspecified atom stereocenters. The number of carbonyl (C=O) groups excluding carboxylic acids is 1. The Hall–Kier alpha value is -3.72. The lowest BCUT2D eigenvalue weighted by Gasteiger charge is -2.30. The van der Waals surface area contributed by atoms with E-state index in [0.717, 1.165) is 25.1 Å². The van der Waals surface area contributed by atoms with Crippen LogP contribution < -0.4 is 10.9 Å². The van der Waals surface area contributed by atoms with E-state index in [1.165, 1.54) is 30.0 Å². The number of aromatic nitrogens is 4. The number of likely N-dealkylation sites (tertiary alicyclic amines) is 1. The zero-order valence-electron chi connectivity index (χ0n) is 23.3. The van der Waals surface area contributed by atoms with E-state index in [1.807, 2.05) is 25.1 Å². The van der Waals surface area contributed by atoms with Gasteiger partial charge in [-0.2, -0.15) is 4.98 Å². The number of anilines is 2. The first-order valence-electron chi connectivity index (χ1n) is 13.3. The van der Waals surface area contributed by atoms with Gasteiger partial charge in [-0.05, 0) is 102 Å². The first-order chi connectivity index (χ1) is 18.2. The second kappa shape index (κ2) is 11.8. The second-order valence-electron chi connectivity index (χ2n) is 10.3. The molecular formula is C29H39N7O2. The number of hydrogen-bond acceptors (Lipinski definition) is 7. The molecule has 1 fully saturated rings. The maximum Gasteiger partial charge on any atom is 0.278 e. The normalized spacial score (nSPS) is 15.6. The van der Waals surface area contributed by atoms with Crippen LogP contribution >= 0.6 is 0 Å². The third-order valence-electron chi connectivity index (χ3n) is 7.40. The van der Waals surface area contributed by atoms with E-state index in [0.29, 0.717) is 35.1 Å². The summed E-state index contributed by atoms with van der Waals surface area (Å²) in [6.07, 6.45) is 9.68. The van der Waals surface area contributed by atoms with Gasteiger partial charge in [-0.1, -0.05) is 6.07 Å². The Morgan fingerprint density at radius 1 is 1.26 bits per heavy atom. The molecule has 9 heteroatoms. The Bertz CT molecular complexity index is 1410. The molecule has 1 aliphatic rings. The van der Waals surface area contributed by atoms with Crippen molar-refractivity contribution in [2.45, 2.75) is 59.0 Å². The number of rotatable bonds is 9. The van der Waals surface area contributed by atoms with Gasteiger partial charge in [0.15, 0.2) is 5.65 Å². The van der Waals surface area contributed by atoms with Crippen molar-refractivity contribution in [3.05, 3.63) is 64.2 Å². The van der Waals surface area contributed by atoms with Crippen molar-refractivity contribution in [1.82, 2.24) is 29.1 Å². The van der Waals surface area contributed by atoms with Gasteiger partial charge in [0.25, 0.3) is 5.56 Å². The third kappa shape index (κ3) is 5.72. The van der Waals surface area contributed by atoms with Gasteiger partial charge in [0.1, 0.15) is 11.7 Å². The lowest BCUT2D eigenvalue weighted by Crippen LogP contribution is -2.29. The summed E-state index contributed by atoms with van der Waals surface area (Å²) >= 11 is 0. The summed E-state index contributed by atoms with van der Waals surface area (Å²) in [5.41, 5.74) is 4.52. The number of allylic oxidation sites excluding steroid dienone is 3. The molecule has 0 amide bonds. The van der Waals surface area contributed by atoms with Crippen molar-refractivity contribution < 1.29 is 4.79 Å². The highest BCUT2D eigenvalue weighted by atomic mass is 16.1. The Labute approximate surface area is 224 Å². The molecule has 4 rings (SSSR count). The van der Waals surface area contributed by atoms with Crippen LogP contribution in [0, 0.1) is 6.92 Å². The minimum absolute atomic E-state index is 0.176. The molecule has 3 aromatic rings. The second-order valence-corrected chi connectivity index (χ2v) is 10.3. The number of nitrogens with zero attached hydrogens (tertiary/aromatic N) is 6. The van der Waals surface area contributed by atoms with E-state index in [1.54, 1.807) is 21.6 Å². The molecular weight excluding hydrogens is 478 g/mol. The van der Waals surface area contributed by atoms with Crippen molar-refractivity contribution in [3.8, 4) is 0 Å². The van der Waals surface area contributed by atoms with Crippen LogP contribution in [0.5, 0.6) is 0 Å². The Morgan fingerprint density at radius 2 is 2.00 bits per heavy atom. The van der Waals surface area contributed by atoms with E-state index in [9.17, 15) is 9.59 Å². The number of nitrogens with one attached hydrogen (secondary N) is 1. The Morgan fingerprint density at radius 3 is 2.63 bits per heavy atom. The zero-order valence-corrected chi connectivity index (χ0v) is 23.3. The van der Waals surface area contributed by atoms with Crippen molar-refractivity contribution in [3.63, 3.8) is 0 Å². The molecule has 1 saturated heterocycles. The zero-order chi connectivity index (χ0) is 27.4. The molecule has 1 aliphatic heterocycles. The number of aldehydes is 1. The minimum Gasteiger partial charge on any atom is -0.376 e. The van der Waals surface area contributed by atoms with Crippen LogP contribution in [0.25, 0.3) is 16.7 Å². The fraction of sp³-hybridized carbons (Fsp3) is 0.448. The van der Waals surface area contributed by atoms with Crippen LogP contribution in [0.15, 0.2) is 47.5 Å². The number of piperidine rings is 1. The van der Waals surface area contributed by atoms with Gasteiger partial charge in [-0.15, -0.1) is 0 Å². The van der Waals surface area contributed by atoms with Crippen LogP contribution in [-0.2, 0) is 11.3 Å². The largest absolute Gasteiger partial charge is 0.376 e. The number of hydrogen-bond donors (Lipinski definition) is 1. The van der Waals surface area contributed by atoms with Crippen molar-refractivity contribution in [2.75, 3.05) is 32.5 Å². The number of aryl methyl sites for hydroxylation is 1. The Kier molecular flexibility index (Phi) is 8.46. The summed E-state index contributed by atoms with van der Waals surface area (Å²) in [6, 6.07) is 6.66. The van der Waals surface area contributed by atoms with Crippen molar-refractivity contribution in [1.29, 1.82) is 0 Å². The average Bonchev–Trinajstić information content (AvgIpc) is 3.17.